The fourth-order valence-electron chi connectivity index (χ4n) is 3.61. The quantitative estimate of drug-likeness (QED) is 0.322. The minimum atomic E-state index is -1.52. The molecule has 1 aliphatic rings. The zero-order valence-electron chi connectivity index (χ0n) is 17.4. The Kier molecular flexibility index (Phi) is 5.77. The van der Waals surface area contributed by atoms with Crippen LogP contribution in [0.4, 0.5) is 24.7 Å². The Bertz CT molecular complexity index is 1240. The number of hydrogen-bond donors (Lipinski definition) is 2. The van der Waals surface area contributed by atoms with E-state index in [1.807, 2.05) is 0 Å². The standard InChI is InChI=1S/C22H21F3N4O3/c1-3-32-22(31)13-10-14(30)16-17(23)18(24)20(19(25)21(16)29(13)12-7-8-12)28-11(2)27-15-6-4-5-9-26-15/h4-6,9-12,28H,3,7-8H2,1-2H3,(H,26,27). The molecule has 168 valence electrons. The number of benzene rings is 1. The van der Waals surface area contributed by atoms with Gasteiger partial charge in [0, 0.05) is 18.3 Å². The van der Waals surface area contributed by atoms with Crippen LogP contribution >= 0.6 is 0 Å². The van der Waals surface area contributed by atoms with Crippen LogP contribution in [0.3, 0.4) is 0 Å². The van der Waals surface area contributed by atoms with Crippen molar-refractivity contribution < 1.29 is 22.7 Å². The van der Waals surface area contributed by atoms with Gasteiger partial charge in [-0.15, -0.1) is 0 Å². The molecule has 0 spiro atoms. The lowest BCUT2D eigenvalue weighted by Crippen LogP contribution is -2.28. The van der Waals surface area contributed by atoms with Crippen LogP contribution in [0.5, 0.6) is 0 Å². The number of carbonyl (C=O) groups excluding carboxylic acids is 1. The third-order valence-corrected chi connectivity index (χ3v) is 5.10. The summed E-state index contributed by atoms with van der Waals surface area (Å²) in [7, 11) is 0. The van der Waals surface area contributed by atoms with E-state index >= 15 is 4.39 Å². The molecule has 7 nitrogen and oxygen atoms in total. The molecule has 1 saturated carbocycles. The minimum Gasteiger partial charge on any atom is -0.461 e. The first-order valence-electron chi connectivity index (χ1n) is 10.2. The largest absolute Gasteiger partial charge is 0.461 e. The maximum atomic E-state index is 15.6. The first-order valence-corrected chi connectivity index (χ1v) is 10.2. The zero-order valence-corrected chi connectivity index (χ0v) is 17.4. The maximum Gasteiger partial charge on any atom is 0.355 e. The fraction of sp³-hybridized carbons (Fsp3) is 0.318. The topological polar surface area (TPSA) is 85.2 Å². The van der Waals surface area contributed by atoms with Gasteiger partial charge in [0.1, 0.15) is 17.2 Å². The highest BCUT2D eigenvalue weighted by Gasteiger charge is 2.34. The summed E-state index contributed by atoms with van der Waals surface area (Å²) >= 11 is 0. The lowest BCUT2D eigenvalue weighted by molar-refractivity contribution is 0.0513. The molecule has 1 aromatic carbocycles. The van der Waals surface area contributed by atoms with Crippen LogP contribution in [0.1, 0.15) is 43.2 Å². The van der Waals surface area contributed by atoms with Gasteiger partial charge >= 0.3 is 5.97 Å². The molecule has 32 heavy (non-hydrogen) atoms. The van der Waals surface area contributed by atoms with Gasteiger partial charge in [0.05, 0.1) is 23.7 Å². The molecule has 4 rings (SSSR count). The molecule has 0 aliphatic heterocycles. The molecule has 0 amide bonds. The van der Waals surface area contributed by atoms with Crippen LogP contribution in [0.25, 0.3) is 10.9 Å². The van der Waals surface area contributed by atoms with Gasteiger partial charge in [-0.1, -0.05) is 6.07 Å². The molecule has 1 unspecified atom stereocenters. The summed E-state index contributed by atoms with van der Waals surface area (Å²) in [5.74, 6) is -4.56. The molecule has 10 heteroatoms. The van der Waals surface area contributed by atoms with Crippen LogP contribution < -0.4 is 16.1 Å². The van der Waals surface area contributed by atoms with Gasteiger partial charge in [-0.3, -0.25) is 4.79 Å². The zero-order chi connectivity index (χ0) is 23.0. The molecule has 1 fully saturated rings. The van der Waals surface area contributed by atoms with E-state index in [0.29, 0.717) is 18.7 Å². The highest BCUT2D eigenvalue weighted by Crippen LogP contribution is 2.41. The lowest BCUT2D eigenvalue weighted by Gasteiger charge is -2.21. The number of nitrogens with one attached hydrogen (secondary N) is 2. The highest BCUT2D eigenvalue weighted by atomic mass is 19.2. The van der Waals surface area contributed by atoms with Gasteiger partial charge in [0.2, 0.25) is 0 Å². The van der Waals surface area contributed by atoms with Gasteiger partial charge in [-0.2, -0.15) is 0 Å². The average Bonchev–Trinajstić information content (AvgIpc) is 3.60. The van der Waals surface area contributed by atoms with Gasteiger partial charge in [0.15, 0.2) is 22.9 Å². The Balaban J connectivity index is 1.87. The smallest absolute Gasteiger partial charge is 0.355 e. The Labute approximate surface area is 181 Å². The molecular weight excluding hydrogens is 425 g/mol. The average molecular weight is 446 g/mol. The molecule has 1 atom stereocenters. The molecule has 0 bridgehead atoms. The number of ether oxygens (including phenoxy) is 1. The number of aromatic nitrogens is 2. The highest BCUT2D eigenvalue weighted by molar-refractivity contribution is 5.93. The van der Waals surface area contributed by atoms with Crippen LogP contribution in [0, 0.1) is 17.5 Å². The van der Waals surface area contributed by atoms with Crippen LogP contribution in [0.2, 0.25) is 0 Å². The summed E-state index contributed by atoms with van der Waals surface area (Å²) in [5, 5.41) is 4.73. The van der Waals surface area contributed by atoms with Crippen molar-refractivity contribution in [3.05, 3.63) is 63.8 Å². The normalized spacial score (nSPS) is 14.3. The van der Waals surface area contributed by atoms with E-state index in [9.17, 15) is 18.4 Å². The second-order valence-electron chi connectivity index (χ2n) is 7.48. The predicted molar refractivity (Wildman–Crippen MR) is 113 cm³/mol. The second-order valence-corrected chi connectivity index (χ2v) is 7.48. The summed E-state index contributed by atoms with van der Waals surface area (Å²) in [6.45, 7) is 3.20. The number of carbonyl (C=O) groups is 1. The number of nitrogens with zero attached hydrogens (tertiary/aromatic N) is 2. The van der Waals surface area contributed by atoms with Crippen molar-refractivity contribution >= 4 is 28.4 Å². The third-order valence-electron chi connectivity index (χ3n) is 5.10. The Morgan fingerprint density at radius 3 is 2.59 bits per heavy atom. The van der Waals surface area contributed by atoms with E-state index in [-0.39, 0.29) is 18.3 Å². The molecule has 2 N–H and O–H groups in total. The second kappa shape index (κ2) is 8.52. The van der Waals surface area contributed by atoms with Gasteiger partial charge in [0.25, 0.3) is 0 Å². The molecule has 0 saturated heterocycles. The number of halogens is 3. The minimum absolute atomic E-state index is 0.0412. The van der Waals surface area contributed by atoms with E-state index in [1.54, 1.807) is 32.0 Å². The van der Waals surface area contributed by atoms with Crippen molar-refractivity contribution in [3.63, 3.8) is 0 Å². The van der Waals surface area contributed by atoms with Gasteiger partial charge in [-0.25, -0.2) is 22.9 Å². The Hall–Kier alpha value is -3.56. The van der Waals surface area contributed by atoms with Crippen molar-refractivity contribution in [2.45, 2.75) is 38.9 Å². The third kappa shape index (κ3) is 3.88. The summed E-state index contributed by atoms with van der Waals surface area (Å²) in [5.41, 5.74) is -2.40. The van der Waals surface area contributed by atoms with E-state index in [0.717, 1.165) is 6.07 Å². The number of hydrogen-bond acceptors (Lipinski definition) is 6. The number of rotatable bonds is 7. The first kappa shape index (κ1) is 21.7. The fourth-order valence-corrected chi connectivity index (χ4v) is 3.61. The van der Waals surface area contributed by atoms with Crippen molar-refractivity contribution in [2.24, 2.45) is 0 Å². The molecule has 0 radical (unpaired) electrons. The van der Waals surface area contributed by atoms with Crippen LogP contribution in [-0.2, 0) is 4.74 Å². The van der Waals surface area contributed by atoms with E-state index < -0.39 is 51.6 Å². The molecule has 2 heterocycles. The van der Waals surface area contributed by atoms with Gasteiger partial charge in [-0.05, 0) is 38.8 Å². The summed E-state index contributed by atoms with van der Waals surface area (Å²) in [4.78, 5) is 29.1. The predicted octanol–water partition coefficient (Wildman–Crippen LogP) is 4.20. The van der Waals surface area contributed by atoms with Crippen molar-refractivity contribution in [1.82, 2.24) is 9.55 Å². The number of esters is 1. The van der Waals surface area contributed by atoms with Gasteiger partial charge < -0.3 is 19.9 Å². The van der Waals surface area contributed by atoms with E-state index in [1.165, 1.54) is 10.8 Å². The molecule has 1 aliphatic carbocycles. The summed E-state index contributed by atoms with van der Waals surface area (Å²) < 4.78 is 51.7. The van der Waals surface area contributed by atoms with Crippen molar-refractivity contribution in [1.29, 1.82) is 0 Å². The Morgan fingerprint density at radius 1 is 1.22 bits per heavy atom. The molecule has 3 aromatic rings. The number of anilines is 2. The monoisotopic (exact) mass is 446 g/mol. The van der Waals surface area contributed by atoms with Crippen molar-refractivity contribution in [2.75, 3.05) is 17.2 Å². The Morgan fingerprint density at radius 2 is 1.97 bits per heavy atom. The van der Waals surface area contributed by atoms with E-state index in [2.05, 4.69) is 15.6 Å². The maximum absolute atomic E-state index is 15.6. The summed E-state index contributed by atoms with van der Waals surface area (Å²) in [6.07, 6.45) is 1.99. The molecule has 2 aromatic heterocycles. The summed E-state index contributed by atoms with van der Waals surface area (Å²) in [6, 6.07) is 5.64. The first-order chi connectivity index (χ1) is 15.3. The SMILES string of the molecule is CCOC(=O)c1cc(=O)c2c(F)c(F)c(NC(C)Nc3ccccn3)c(F)c2n1C1CC1. The number of pyridine rings is 2. The van der Waals surface area contributed by atoms with Crippen LogP contribution in [0.15, 0.2) is 35.3 Å². The number of fused-ring (bicyclic) bond motifs is 1. The van der Waals surface area contributed by atoms with E-state index in [4.69, 9.17) is 4.74 Å². The van der Waals surface area contributed by atoms with Crippen LogP contribution in [-0.4, -0.2) is 28.3 Å². The van der Waals surface area contributed by atoms with Crippen molar-refractivity contribution in [3.8, 4) is 0 Å². The molecular formula is C22H21F3N4O3. The lowest BCUT2D eigenvalue weighted by atomic mass is 10.1.